The molecule has 2 unspecified atom stereocenters. The van der Waals surface area contributed by atoms with E-state index >= 15 is 0 Å². The Kier molecular flexibility index (Phi) is 3.69. The van der Waals surface area contributed by atoms with Crippen molar-refractivity contribution in [3.63, 3.8) is 0 Å². The maximum Gasteiger partial charge on any atom is 0.243 e. The first-order valence-corrected chi connectivity index (χ1v) is 8.39. The average Bonchev–Trinajstić information content (AvgIpc) is 2.94. The van der Waals surface area contributed by atoms with Gasteiger partial charge in [-0.2, -0.15) is 9.57 Å². The van der Waals surface area contributed by atoms with Crippen LogP contribution in [0.2, 0.25) is 0 Å². The number of halogens is 1. The molecule has 0 aliphatic carbocycles. The number of nitriles is 1. The molecule has 0 saturated carbocycles. The summed E-state index contributed by atoms with van der Waals surface area (Å²) in [7, 11) is -3.66. The van der Waals surface area contributed by atoms with Crippen LogP contribution in [0.5, 0.6) is 0 Å². The lowest BCUT2D eigenvalue weighted by molar-refractivity contribution is 0.247. The zero-order valence-corrected chi connectivity index (χ0v) is 12.2. The normalized spacial score (nSPS) is 26.3. The molecule has 2 heterocycles. The summed E-state index contributed by atoms with van der Waals surface area (Å²) >= 11 is 0. The molecular weight excluding hydrogens is 293 g/mol. The van der Waals surface area contributed by atoms with Gasteiger partial charge in [-0.1, -0.05) is 0 Å². The van der Waals surface area contributed by atoms with Crippen molar-refractivity contribution >= 4 is 10.0 Å². The zero-order chi connectivity index (χ0) is 15.0. The predicted octanol–water partition coefficient (Wildman–Crippen LogP) is 1.07. The fourth-order valence-electron chi connectivity index (χ4n) is 3.13. The van der Waals surface area contributed by atoms with E-state index < -0.39 is 15.8 Å². The van der Waals surface area contributed by atoms with Gasteiger partial charge in [0.2, 0.25) is 10.0 Å². The Morgan fingerprint density at radius 2 is 2.19 bits per heavy atom. The minimum absolute atomic E-state index is 0.00939. The van der Waals surface area contributed by atoms with Crippen LogP contribution in [0.15, 0.2) is 23.1 Å². The Bertz CT molecular complexity index is 699. The van der Waals surface area contributed by atoms with Crippen molar-refractivity contribution in [3.05, 3.63) is 29.6 Å². The molecule has 1 N–H and O–H groups in total. The highest BCUT2D eigenvalue weighted by Crippen LogP contribution is 2.29. The Hall–Kier alpha value is -1.49. The van der Waals surface area contributed by atoms with Gasteiger partial charge in [0.15, 0.2) is 0 Å². The summed E-state index contributed by atoms with van der Waals surface area (Å²) in [5.74, 6) is -0.362. The summed E-state index contributed by atoms with van der Waals surface area (Å²) < 4.78 is 40.0. The number of hydrogen-bond acceptors (Lipinski definition) is 4. The number of rotatable bonds is 2. The second kappa shape index (κ2) is 5.37. The van der Waals surface area contributed by atoms with Crippen molar-refractivity contribution < 1.29 is 12.8 Å². The molecule has 1 aromatic carbocycles. The summed E-state index contributed by atoms with van der Waals surface area (Å²) in [5, 5.41) is 12.2. The van der Waals surface area contributed by atoms with Crippen molar-refractivity contribution in [2.24, 2.45) is 5.92 Å². The lowest BCUT2D eigenvalue weighted by Gasteiger charge is -2.34. The molecule has 2 aliphatic rings. The third-order valence-corrected chi connectivity index (χ3v) is 6.18. The molecule has 0 aromatic heterocycles. The van der Waals surface area contributed by atoms with Gasteiger partial charge in [0.1, 0.15) is 11.9 Å². The fourth-order valence-corrected chi connectivity index (χ4v) is 4.67. The van der Waals surface area contributed by atoms with Crippen LogP contribution < -0.4 is 5.32 Å². The molecule has 7 heteroatoms. The van der Waals surface area contributed by atoms with Crippen molar-refractivity contribution in [1.29, 1.82) is 5.26 Å². The van der Waals surface area contributed by atoms with Gasteiger partial charge in [-0.15, -0.1) is 0 Å². The Morgan fingerprint density at radius 3 is 2.95 bits per heavy atom. The van der Waals surface area contributed by atoms with Crippen molar-refractivity contribution in [2.75, 3.05) is 19.6 Å². The molecule has 3 rings (SSSR count). The Balaban J connectivity index is 1.88. The van der Waals surface area contributed by atoms with Crippen LogP contribution in [0.1, 0.15) is 18.4 Å². The van der Waals surface area contributed by atoms with E-state index in [2.05, 4.69) is 5.32 Å². The summed E-state index contributed by atoms with van der Waals surface area (Å²) in [6.07, 6.45) is 1.76. The molecule has 0 radical (unpaired) electrons. The van der Waals surface area contributed by atoms with Crippen LogP contribution >= 0.6 is 0 Å². The second-order valence-electron chi connectivity index (χ2n) is 5.51. The van der Waals surface area contributed by atoms with Crippen LogP contribution in [0.25, 0.3) is 0 Å². The monoisotopic (exact) mass is 309 g/mol. The van der Waals surface area contributed by atoms with Crippen molar-refractivity contribution in [2.45, 2.75) is 23.8 Å². The van der Waals surface area contributed by atoms with Crippen molar-refractivity contribution in [3.8, 4) is 6.07 Å². The zero-order valence-electron chi connectivity index (χ0n) is 11.4. The van der Waals surface area contributed by atoms with E-state index in [1.807, 2.05) is 0 Å². The highest BCUT2D eigenvalue weighted by molar-refractivity contribution is 7.89. The molecular formula is C14H16FN3O2S. The molecule has 0 bridgehead atoms. The summed E-state index contributed by atoms with van der Waals surface area (Å²) in [4.78, 5) is -0.00939. The topological polar surface area (TPSA) is 73.2 Å². The summed E-state index contributed by atoms with van der Waals surface area (Å²) in [6.45, 7) is 1.87. The summed E-state index contributed by atoms with van der Waals surface area (Å²) in [5.41, 5.74) is -0.242. The number of benzene rings is 1. The number of hydrogen-bond donors (Lipinski definition) is 1. The van der Waals surface area contributed by atoms with Crippen molar-refractivity contribution in [1.82, 2.24) is 9.62 Å². The molecule has 2 aliphatic heterocycles. The van der Waals surface area contributed by atoms with Crippen LogP contribution in [-0.2, 0) is 10.0 Å². The predicted molar refractivity (Wildman–Crippen MR) is 74.4 cm³/mol. The van der Waals surface area contributed by atoms with Crippen LogP contribution in [0.4, 0.5) is 4.39 Å². The van der Waals surface area contributed by atoms with Gasteiger partial charge >= 0.3 is 0 Å². The molecule has 2 fully saturated rings. The smallest absolute Gasteiger partial charge is 0.243 e. The molecule has 112 valence electrons. The standard InChI is InChI=1S/C14H16FN3O2S/c15-13-2-1-12(7-11(13)8-16)21(19,20)18-6-4-14-10(9-18)3-5-17-14/h1-2,7,10,14,17H,3-6,9H2. The van der Waals surface area contributed by atoms with Gasteiger partial charge in [0.05, 0.1) is 10.5 Å². The van der Waals surface area contributed by atoms with Gasteiger partial charge in [0, 0.05) is 19.1 Å². The van der Waals surface area contributed by atoms with E-state index in [0.717, 1.165) is 31.5 Å². The molecule has 5 nitrogen and oxygen atoms in total. The van der Waals surface area contributed by atoms with Gasteiger partial charge in [-0.25, -0.2) is 12.8 Å². The highest BCUT2D eigenvalue weighted by Gasteiger charge is 2.37. The largest absolute Gasteiger partial charge is 0.314 e. The quantitative estimate of drug-likeness (QED) is 0.887. The molecule has 2 atom stereocenters. The number of nitrogens with zero attached hydrogens (tertiary/aromatic N) is 2. The van der Waals surface area contributed by atoms with Gasteiger partial charge in [-0.05, 0) is 43.5 Å². The number of nitrogens with one attached hydrogen (secondary N) is 1. The van der Waals surface area contributed by atoms with Crippen LogP contribution in [-0.4, -0.2) is 38.4 Å². The maximum atomic E-state index is 13.3. The minimum atomic E-state index is -3.66. The molecule has 1 aromatic rings. The second-order valence-corrected chi connectivity index (χ2v) is 7.45. The lowest BCUT2D eigenvalue weighted by Crippen LogP contribution is -2.46. The van der Waals surface area contributed by atoms with Crippen LogP contribution in [0.3, 0.4) is 0 Å². The number of piperidine rings is 1. The number of fused-ring (bicyclic) bond motifs is 1. The van der Waals surface area contributed by atoms with E-state index in [1.165, 1.54) is 10.4 Å². The van der Waals surface area contributed by atoms with Gasteiger partial charge < -0.3 is 5.32 Å². The Morgan fingerprint density at radius 1 is 1.38 bits per heavy atom. The lowest BCUT2D eigenvalue weighted by atomic mass is 9.95. The highest BCUT2D eigenvalue weighted by atomic mass is 32.2. The summed E-state index contributed by atoms with van der Waals surface area (Å²) in [6, 6.07) is 5.46. The average molecular weight is 309 g/mol. The molecule has 0 amide bonds. The molecule has 21 heavy (non-hydrogen) atoms. The molecule has 0 spiro atoms. The van der Waals surface area contributed by atoms with E-state index in [4.69, 9.17) is 5.26 Å². The van der Waals surface area contributed by atoms with E-state index in [-0.39, 0.29) is 10.5 Å². The first-order valence-electron chi connectivity index (χ1n) is 6.95. The van der Waals surface area contributed by atoms with Gasteiger partial charge in [0.25, 0.3) is 0 Å². The third kappa shape index (κ3) is 2.55. The first kappa shape index (κ1) is 14.4. The number of sulfonamides is 1. The van der Waals surface area contributed by atoms with E-state index in [9.17, 15) is 12.8 Å². The van der Waals surface area contributed by atoms with Gasteiger partial charge in [-0.3, -0.25) is 0 Å². The third-order valence-electron chi connectivity index (χ3n) is 4.31. The molecule has 2 saturated heterocycles. The SMILES string of the molecule is N#Cc1cc(S(=O)(=O)N2CCC3NCCC3C2)ccc1F. The minimum Gasteiger partial charge on any atom is -0.314 e. The fraction of sp³-hybridized carbons (Fsp3) is 0.500. The Labute approximate surface area is 123 Å². The maximum absolute atomic E-state index is 13.3. The van der Waals surface area contributed by atoms with Crippen LogP contribution in [0, 0.1) is 23.1 Å². The van der Waals surface area contributed by atoms with E-state index in [0.29, 0.717) is 25.0 Å². The van der Waals surface area contributed by atoms with E-state index in [1.54, 1.807) is 6.07 Å². The first-order chi connectivity index (χ1) is 10.0.